The molecule has 2 heterocycles. The van der Waals surface area contributed by atoms with E-state index in [9.17, 15) is 0 Å². The standard InChI is InChI=1S/C16H28N4O/c1-5-12-21-15-13(17)6-7-14(18-15)19-8-10-20(11-9-19)16(2,3)4/h6-7H,5,8-12,17H2,1-4H3. The number of rotatable bonds is 4. The summed E-state index contributed by atoms with van der Waals surface area (Å²) < 4.78 is 5.62. The second-order valence-corrected chi connectivity index (χ2v) is 6.56. The molecule has 1 aliphatic rings. The number of pyridine rings is 1. The first-order valence-electron chi connectivity index (χ1n) is 7.81. The van der Waals surface area contributed by atoms with Crippen molar-refractivity contribution < 1.29 is 4.74 Å². The maximum Gasteiger partial charge on any atom is 0.239 e. The maximum absolute atomic E-state index is 5.92. The highest BCUT2D eigenvalue weighted by Gasteiger charge is 2.26. The molecule has 5 heteroatoms. The van der Waals surface area contributed by atoms with Gasteiger partial charge in [0.2, 0.25) is 5.88 Å². The second kappa shape index (κ2) is 6.52. The van der Waals surface area contributed by atoms with Crippen LogP contribution in [0.3, 0.4) is 0 Å². The first-order chi connectivity index (χ1) is 9.91. The van der Waals surface area contributed by atoms with Gasteiger partial charge in [0.25, 0.3) is 0 Å². The van der Waals surface area contributed by atoms with Gasteiger partial charge in [-0.05, 0) is 39.3 Å². The summed E-state index contributed by atoms with van der Waals surface area (Å²) in [5, 5.41) is 0. The number of piperazine rings is 1. The smallest absolute Gasteiger partial charge is 0.239 e. The molecule has 1 aromatic rings. The highest BCUT2D eigenvalue weighted by atomic mass is 16.5. The minimum Gasteiger partial charge on any atom is -0.476 e. The van der Waals surface area contributed by atoms with Crippen LogP contribution in [0.2, 0.25) is 0 Å². The minimum absolute atomic E-state index is 0.232. The molecular formula is C16H28N4O. The largest absolute Gasteiger partial charge is 0.476 e. The van der Waals surface area contributed by atoms with Gasteiger partial charge in [-0.2, -0.15) is 4.98 Å². The molecule has 0 saturated carbocycles. The Morgan fingerprint density at radius 1 is 1.19 bits per heavy atom. The number of aromatic nitrogens is 1. The average molecular weight is 292 g/mol. The van der Waals surface area contributed by atoms with Gasteiger partial charge in [-0.15, -0.1) is 0 Å². The molecule has 1 aromatic heterocycles. The molecule has 1 saturated heterocycles. The zero-order chi connectivity index (χ0) is 15.5. The first kappa shape index (κ1) is 15.9. The van der Waals surface area contributed by atoms with Crippen molar-refractivity contribution in [3.8, 4) is 5.88 Å². The van der Waals surface area contributed by atoms with Crippen molar-refractivity contribution in [2.45, 2.75) is 39.7 Å². The average Bonchev–Trinajstić information content (AvgIpc) is 2.46. The fraction of sp³-hybridized carbons (Fsp3) is 0.688. The van der Waals surface area contributed by atoms with Crippen LogP contribution in [0, 0.1) is 0 Å². The van der Waals surface area contributed by atoms with Crippen molar-refractivity contribution in [1.29, 1.82) is 0 Å². The number of nitrogens with two attached hydrogens (primary N) is 1. The second-order valence-electron chi connectivity index (χ2n) is 6.56. The van der Waals surface area contributed by atoms with Crippen LogP contribution in [0.1, 0.15) is 34.1 Å². The Morgan fingerprint density at radius 2 is 1.86 bits per heavy atom. The Labute approximate surface area is 128 Å². The normalized spacial score (nSPS) is 17.0. The lowest BCUT2D eigenvalue weighted by atomic mass is 10.1. The van der Waals surface area contributed by atoms with E-state index in [-0.39, 0.29) is 5.54 Å². The summed E-state index contributed by atoms with van der Waals surface area (Å²) in [6.45, 7) is 13.6. The zero-order valence-corrected chi connectivity index (χ0v) is 13.7. The quantitative estimate of drug-likeness (QED) is 0.923. The fourth-order valence-corrected chi connectivity index (χ4v) is 2.54. The SMILES string of the molecule is CCCOc1nc(N2CCN(C(C)(C)C)CC2)ccc1N. The number of hydrogen-bond donors (Lipinski definition) is 1. The molecule has 118 valence electrons. The van der Waals surface area contributed by atoms with Crippen molar-refractivity contribution in [2.24, 2.45) is 0 Å². The van der Waals surface area contributed by atoms with E-state index in [4.69, 9.17) is 10.5 Å². The first-order valence-corrected chi connectivity index (χ1v) is 7.81. The number of anilines is 2. The third-order valence-corrected chi connectivity index (χ3v) is 3.87. The van der Waals surface area contributed by atoms with E-state index >= 15 is 0 Å². The van der Waals surface area contributed by atoms with Gasteiger partial charge in [0.1, 0.15) is 5.82 Å². The molecule has 0 aromatic carbocycles. The van der Waals surface area contributed by atoms with Gasteiger partial charge in [-0.3, -0.25) is 4.90 Å². The van der Waals surface area contributed by atoms with Gasteiger partial charge in [0.15, 0.2) is 0 Å². The molecule has 0 unspecified atom stereocenters. The summed E-state index contributed by atoms with van der Waals surface area (Å²) in [4.78, 5) is 9.40. The Kier molecular flexibility index (Phi) is 4.93. The Morgan fingerprint density at radius 3 is 2.43 bits per heavy atom. The predicted octanol–water partition coefficient (Wildman–Crippen LogP) is 2.37. The van der Waals surface area contributed by atoms with Crippen LogP contribution < -0.4 is 15.4 Å². The highest BCUT2D eigenvalue weighted by molar-refractivity contribution is 5.54. The lowest BCUT2D eigenvalue weighted by Crippen LogP contribution is -2.53. The van der Waals surface area contributed by atoms with Crippen LogP contribution in [0.15, 0.2) is 12.1 Å². The molecule has 2 N–H and O–H groups in total. The van der Waals surface area contributed by atoms with Gasteiger partial charge in [-0.25, -0.2) is 0 Å². The zero-order valence-electron chi connectivity index (χ0n) is 13.7. The van der Waals surface area contributed by atoms with Crippen LogP contribution in [0.4, 0.5) is 11.5 Å². The Bertz CT molecular complexity index is 462. The number of ether oxygens (including phenoxy) is 1. The van der Waals surface area contributed by atoms with Crippen LogP contribution in [-0.4, -0.2) is 48.2 Å². The summed E-state index contributed by atoms with van der Waals surface area (Å²) >= 11 is 0. The van der Waals surface area contributed by atoms with Crippen LogP contribution in [0.5, 0.6) is 5.88 Å². The lowest BCUT2D eigenvalue weighted by Gasteiger charge is -2.42. The molecule has 2 rings (SSSR count). The molecule has 1 fully saturated rings. The number of hydrogen-bond acceptors (Lipinski definition) is 5. The Hall–Kier alpha value is -1.49. The molecule has 0 radical (unpaired) electrons. The van der Waals surface area contributed by atoms with Crippen molar-refractivity contribution >= 4 is 11.5 Å². The van der Waals surface area contributed by atoms with Crippen LogP contribution in [-0.2, 0) is 0 Å². The minimum atomic E-state index is 0.232. The van der Waals surface area contributed by atoms with E-state index in [1.54, 1.807) is 0 Å². The topological polar surface area (TPSA) is 54.6 Å². The predicted molar refractivity (Wildman–Crippen MR) is 88.0 cm³/mol. The van der Waals surface area contributed by atoms with Crippen molar-refractivity contribution in [1.82, 2.24) is 9.88 Å². The number of nitrogens with zero attached hydrogens (tertiary/aromatic N) is 3. The fourth-order valence-electron chi connectivity index (χ4n) is 2.54. The molecule has 0 amide bonds. The lowest BCUT2D eigenvalue weighted by molar-refractivity contribution is 0.128. The van der Waals surface area contributed by atoms with Crippen molar-refractivity contribution in [3.63, 3.8) is 0 Å². The molecular weight excluding hydrogens is 264 g/mol. The molecule has 0 bridgehead atoms. The third-order valence-electron chi connectivity index (χ3n) is 3.87. The third kappa shape index (κ3) is 4.00. The van der Waals surface area contributed by atoms with E-state index in [0.29, 0.717) is 18.2 Å². The van der Waals surface area contributed by atoms with Gasteiger partial charge < -0.3 is 15.4 Å². The van der Waals surface area contributed by atoms with Gasteiger partial charge >= 0.3 is 0 Å². The van der Waals surface area contributed by atoms with E-state index < -0.39 is 0 Å². The summed E-state index contributed by atoms with van der Waals surface area (Å²) in [6.07, 6.45) is 0.954. The van der Waals surface area contributed by atoms with E-state index in [2.05, 4.69) is 42.5 Å². The molecule has 5 nitrogen and oxygen atoms in total. The van der Waals surface area contributed by atoms with E-state index in [1.165, 1.54) is 0 Å². The van der Waals surface area contributed by atoms with E-state index in [0.717, 1.165) is 38.4 Å². The molecule has 21 heavy (non-hydrogen) atoms. The monoisotopic (exact) mass is 292 g/mol. The number of nitrogen functional groups attached to an aromatic ring is 1. The maximum atomic E-state index is 5.92. The highest BCUT2D eigenvalue weighted by Crippen LogP contribution is 2.25. The molecule has 0 spiro atoms. The van der Waals surface area contributed by atoms with Crippen molar-refractivity contribution in [3.05, 3.63) is 12.1 Å². The molecule has 0 aliphatic carbocycles. The van der Waals surface area contributed by atoms with Gasteiger partial charge in [0.05, 0.1) is 12.3 Å². The summed E-state index contributed by atoms with van der Waals surface area (Å²) in [5.41, 5.74) is 6.77. The molecule has 1 aliphatic heterocycles. The van der Waals surface area contributed by atoms with Crippen molar-refractivity contribution in [2.75, 3.05) is 43.4 Å². The summed E-state index contributed by atoms with van der Waals surface area (Å²) in [6, 6.07) is 3.88. The summed E-state index contributed by atoms with van der Waals surface area (Å²) in [7, 11) is 0. The summed E-state index contributed by atoms with van der Waals surface area (Å²) in [5.74, 6) is 1.52. The van der Waals surface area contributed by atoms with Crippen LogP contribution in [0.25, 0.3) is 0 Å². The van der Waals surface area contributed by atoms with Gasteiger partial charge in [-0.1, -0.05) is 6.92 Å². The Balaban J connectivity index is 2.03. The van der Waals surface area contributed by atoms with E-state index in [1.807, 2.05) is 12.1 Å². The van der Waals surface area contributed by atoms with Crippen LogP contribution >= 0.6 is 0 Å². The van der Waals surface area contributed by atoms with Gasteiger partial charge in [0, 0.05) is 31.7 Å². The molecule has 0 atom stereocenters.